The van der Waals surface area contributed by atoms with Gasteiger partial charge in [0.2, 0.25) is 14.2 Å². The number of amides is 1. The maximum atomic E-state index is 10.8. The van der Waals surface area contributed by atoms with Gasteiger partial charge in [0, 0.05) is 0 Å². The number of primary amides is 1. The third-order valence-electron chi connectivity index (χ3n) is 3.48. The molecule has 0 atom stereocenters. The number of hydrogen-bond donors (Lipinski definition) is 1. The van der Waals surface area contributed by atoms with Crippen molar-refractivity contribution < 1.29 is 9.22 Å². The highest BCUT2D eigenvalue weighted by molar-refractivity contribution is 6.74. The molecular formula is C14H23NO2Si. The van der Waals surface area contributed by atoms with Gasteiger partial charge in [0.05, 0.1) is 6.42 Å². The van der Waals surface area contributed by atoms with Gasteiger partial charge in [0.15, 0.2) is 0 Å². The molecule has 1 rings (SSSR count). The highest BCUT2D eigenvalue weighted by Crippen LogP contribution is 2.37. The number of carbonyl (C=O) groups is 1. The van der Waals surface area contributed by atoms with E-state index >= 15 is 0 Å². The summed E-state index contributed by atoms with van der Waals surface area (Å²) in [6, 6.07) is 7.62. The fraction of sp³-hybridized carbons (Fsp3) is 0.500. The van der Waals surface area contributed by atoms with Crippen molar-refractivity contribution in [2.45, 2.75) is 45.3 Å². The molecule has 0 unspecified atom stereocenters. The Labute approximate surface area is 110 Å². The summed E-state index contributed by atoms with van der Waals surface area (Å²) in [6.07, 6.45) is 0.278. The number of hydrogen-bond acceptors (Lipinski definition) is 2. The largest absolute Gasteiger partial charge is 0.544 e. The summed E-state index contributed by atoms with van der Waals surface area (Å²) in [5.41, 5.74) is 6.08. The van der Waals surface area contributed by atoms with Gasteiger partial charge in [-0.3, -0.25) is 4.79 Å². The van der Waals surface area contributed by atoms with Gasteiger partial charge < -0.3 is 10.2 Å². The quantitative estimate of drug-likeness (QED) is 0.850. The van der Waals surface area contributed by atoms with E-state index < -0.39 is 8.32 Å². The SMILES string of the molecule is CC(C)(C)[Si](C)(C)Oc1ccc(CC(N)=O)cc1. The fourth-order valence-electron chi connectivity index (χ4n) is 1.32. The van der Waals surface area contributed by atoms with Crippen molar-refractivity contribution in [1.29, 1.82) is 0 Å². The first kappa shape index (κ1) is 14.8. The first-order valence-electron chi connectivity index (χ1n) is 6.18. The molecule has 18 heavy (non-hydrogen) atoms. The van der Waals surface area contributed by atoms with Crippen LogP contribution in [-0.2, 0) is 11.2 Å². The normalized spacial score (nSPS) is 12.3. The molecule has 0 aliphatic heterocycles. The lowest BCUT2D eigenvalue weighted by atomic mass is 10.1. The van der Waals surface area contributed by atoms with Crippen molar-refractivity contribution in [3.63, 3.8) is 0 Å². The van der Waals surface area contributed by atoms with Gasteiger partial charge in [-0.25, -0.2) is 0 Å². The van der Waals surface area contributed by atoms with Gasteiger partial charge in [-0.2, -0.15) is 0 Å². The third kappa shape index (κ3) is 3.87. The van der Waals surface area contributed by atoms with Gasteiger partial charge in [0.25, 0.3) is 0 Å². The van der Waals surface area contributed by atoms with Crippen molar-refractivity contribution in [2.75, 3.05) is 0 Å². The molecular weight excluding hydrogens is 242 g/mol. The maximum absolute atomic E-state index is 10.8. The van der Waals surface area contributed by atoms with Gasteiger partial charge >= 0.3 is 0 Å². The molecule has 1 amide bonds. The topological polar surface area (TPSA) is 52.3 Å². The van der Waals surface area contributed by atoms with Crippen molar-refractivity contribution in [1.82, 2.24) is 0 Å². The molecule has 0 bridgehead atoms. The Morgan fingerprint density at radius 3 is 2.11 bits per heavy atom. The molecule has 0 aliphatic carbocycles. The second-order valence-electron chi connectivity index (χ2n) is 6.15. The number of rotatable bonds is 4. The van der Waals surface area contributed by atoms with Crippen LogP contribution in [0.15, 0.2) is 24.3 Å². The zero-order valence-corrected chi connectivity index (χ0v) is 12.9. The van der Waals surface area contributed by atoms with Gasteiger partial charge in [0.1, 0.15) is 5.75 Å². The average molecular weight is 265 g/mol. The predicted molar refractivity (Wildman–Crippen MR) is 77.2 cm³/mol. The van der Waals surface area contributed by atoms with Gasteiger partial charge in [-0.1, -0.05) is 32.9 Å². The molecule has 0 saturated carbocycles. The van der Waals surface area contributed by atoms with E-state index in [0.29, 0.717) is 0 Å². The molecule has 1 aromatic rings. The first-order valence-corrected chi connectivity index (χ1v) is 9.09. The summed E-state index contributed by atoms with van der Waals surface area (Å²) >= 11 is 0. The average Bonchev–Trinajstić information content (AvgIpc) is 2.18. The Bertz CT molecular complexity index is 418. The summed E-state index contributed by atoms with van der Waals surface area (Å²) < 4.78 is 6.15. The molecule has 0 aromatic heterocycles. The molecule has 0 heterocycles. The Morgan fingerprint density at radius 1 is 1.22 bits per heavy atom. The van der Waals surface area contributed by atoms with Crippen molar-refractivity contribution in [3.8, 4) is 5.75 Å². The Hall–Kier alpha value is -1.29. The van der Waals surface area contributed by atoms with Crippen molar-refractivity contribution in [2.24, 2.45) is 5.73 Å². The summed E-state index contributed by atoms with van der Waals surface area (Å²) in [5.74, 6) is 0.558. The van der Waals surface area contributed by atoms with Crippen LogP contribution in [0.3, 0.4) is 0 Å². The standard InChI is InChI=1S/C14H23NO2Si/c1-14(2,3)18(4,5)17-12-8-6-11(7-9-12)10-13(15)16/h6-9H,10H2,1-5H3,(H2,15,16). The monoisotopic (exact) mass is 265 g/mol. The lowest BCUT2D eigenvalue weighted by Gasteiger charge is -2.36. The first-order chi connectivity index (χ1) is 8.12. The molecule has 0 spiro atoms. The van der Waals surface area contributed by atoms with E-state index in [9.17, 15) is 4.79 Å². The summed E-state index contributed by atoms with van der Waals surface area (Å²) in [4.78, 5) is 10.8. The molecule has 0 aliphatic rings. The number of carbonyl (C=O) groups excluding carboxylic acids is 1. The highest BCUT2D eigenvalue weighted by atomic mass is 28.4. The zero-order chi connectivity index (χ0) is 14.0. The van der Waals surface area contributed by atoms with E-state index in [1.54, 1.807) is 0 Å². The van der Waals surface area contributed by atoms with Crippen molar-refractivity contribution >= 4 is 14.2 Å². The minimum Gasteiger partial charge on any atom is -0.544 e. The van der Waals surface area contributed by atoms with Crippen LogP contribution in [0.4, 0.5) is 0 Å². The number of benzene rings is 1. The van der Waals surface area contributed by atoms with Crippen LogP contribution in [0.5, 0.6) is 5.75 Å². The van der Waals surface area contributed by atoms with E-state index in [2.05, 4.69) is 33.9 Å². The summed E-state index contributed by atoms with van der Waals surface area (Å²) in [5, 5.41) is 0.179. The fourth-order valence-corrected chi connectivity index (χ4v) is 2.36. The van der Waals surface area contributed by atoms with Crippen LogP contribution in [0.2, 0.25) is 18.1 Å². The van der Waals surface area contributed by atoms with E-state index in [1.165, 1.54) is 0 Å². The van der Waals surface area contributed by atoms with E-state index in [4.69, 9.17) is 10.2 Å². The molecule has 1 aromatic carbocycles. The summed E-state index contributed by atoms with van der Waals surface area (Å²) in [7, 11) is -1.79. The van der Waals surface area contributed by atoms with E-state index in [1.807, 2.05) is 24.3 Å². The Kier molecular flexibility index (Phi) is 4.22. The zero-order valence-electron chi connectivity index (χ0n) is 11.9. The highest BCUT2D eigenvalue weighted by Gasteiger charge is 2.38. The molecule has 0 radical (unpaired) electrons. The van der Waals surface area contributed by atoms with Crippen LogP contribution in [0.1, 0.15) is 26.3 Å². The van der Waals surface area contributed by atoms with Crippen LogP contribution < -0.4 is 10.2 Å². The lowest BCUT2D eigenvalue weighted by molar-refractivity contribution is -0.117. The smallest absolute Gasteiger partial charge is 0.250 e. The van der Waals surface area contributed by atoms with Crippen LogP contribution in [0, 0.1) is 0 Å². The molecule has 0 saturated heterocycles. The van der Waals surface area contributed by atoms with Crippen molar-refractivity contribution in [3.05, 3.63) is 29.8 Å². The Balaban J connectivity index is 2.78. The van der Waals surface area contributed by atoms with Crippen LogP contribution >= 0.6 is 0 Å². The predicted octanol–water partition coefficient (Wildman–Crippen LogP) is 3.10. The lowest BCUT2D eigenvalue weighted by Crippen LogP contribution is -2.43. The third-order valence-corrected chi connectivity index (χ3v) is 7.84. The minimum atomic E-state index is -1.79. The maximum Gasteiger partial charge on any atom is 0.250 e. The van der Waals surface area contributed by atoms with Crippen LogP contribution in [-0.4, -0.2) is 14.2 Å². The molecule has 3 nitrogen and oxygen atoms in total. The van der Waals surface area contributed by atoms with E-state index in [0.717, 1.165) is 11.3 Å². The van der Waals surface area contributed by atoms with E-state index in [-0.39, 0.29) is 17.4 Å². The van der Waals surface area contributed by atoms with Crippen LogP contribution in [0.25, 0.3) is 0 Å². The molecule has 0 fully saturated rings. The number of nitrogens with two attached hydrogens (primary N) is 1. The molecule has 100 valence electrons. The Morgan fingerprint density at radius 2 is 1.72 bits per heavy atom. The minimum absolute atomic E-state index is 0.179. The second-order valence-corrected chi connectivity index (χ2v) is 10.9. The molecule has 2 N–H and O–H groups in total. The van der Waals surface area contributed by atoms with Gasteiger partial charge in [-0.05, 0) is 35.8 Å². The second kappa shape index (κ2) is 5.14. The summed E-state index contributed by atoms with van der Waals surface area (Å²) in [6.45, 7) is 11.1. The molecule has 4 heteroatoms. The van der Waals surface area contributed by atoms with Gasteiger partial charge in [-0.15, -0.1) is 0 Å².